The fourth-order valence-corrected chi connectivity index (χ4v) is 2.37. The summed E-state index contributed by atoms with van der Waals surface area (Å²) in [7, 11) is 1.32. The molecule has 0 unspecified atom stereocenters. The van der Waals surface area contributed by atoms with Gasteiger partial charge in [-0.15, -0.1) is 0 Å². The van der Waals surface area contributed by atoms with Crippen LogP contribution in [0.25, 0.3) is 0 Å². The number of rotatable bonds is 4. The lowest BCUT2D eigenvalue weighted by Crippen LogP contribution is -2.08. The van der Waals surface area contributed by atoms with Crippen molar-refractivity contribution in [2.75, 3.05) is 12.4 Å². The number of anilines is 1. The molecular weight excluding hydrogens is 333 g/mol. The lowest BCUT2D eigenvalue weighted by Gasteiger charge is -2.12. The van der Waals surface area contributed by atoms with Crippen LogP contribution in [-0.4, -0.2) is 13.1 Å². The van der Waals surface area contributed by atoms with Gasteiger partial charge in [0.2, 0.25) is 0 Å². The Bertz CT molecular complexity index is 674. The second kappa shape index (κ2) is 7.03. The third kappa shape index (κ3) is 4.03. The van der Waals surface area contributed by atoms with E-state index in [9.17, 15) is 4.79 Å². The van der Waals surface area contributed by atoms with Crippen molar-refractivity contribution in [3.63, 3.8) is 0 Å². The molecule has 0 heterocycles. The molecule has 6 heteroatoms. The summed E-state index contributed by atoms with van der Waals surface area (Å²) < 4.78 is 4.74. The lowest BCUT2D eigenvalue weighted by atomic mass is 10.1. The molecule has 0 radical (unpaired) electrons. The third-order valence-electron chi connectivity index (χ3n) is 2.86. The maximum atomic E-state index is 11.8. The van der Waals surface area contributed by atoms with E-state index < -0.39 is 5.97 Å². The van der Waals surface area contributed by atoms with Crippen LogP contribution in [0.15, 0.2) is 36.4 Å². The SMILES string of the molecule is COC(=O)c1cc(Cl)ccc1NCc1cc(Cl)ccc1Cl. The molecule has 0 spiro atoms. The highest BCUT2D eigenvalue weighted by molar-refractivity contribution is 6.33. The second-order valence-electron chi connectivity index (χ2n) is 4.27. The van der Waals surface area contributed by atoms with Crippen LogP contribution in [-0.2, 0) is 11.3 Å². The van der Waals surface area contributed by atoms with Crippen LogP contribution in [0.3, 0.4) is 0 Å². The maximum absolute atomic E-state index is 11.8. The lowest BCUT2D eigenvalue weighted by molar-refractivity contribution is 0.0602. The van der Waals surface area contributed by atoms with Crippen molar-refractivity contribution in [1.82, 2.24) is 0 Å². The Morgan fingerprint density at radius 3 is 2.48 bits per heavy atom. The normalized spacial score (nSPS) is 10.3. The molecular formula is C15H12Cl3NO2. The van der Waals surface area contributed by atoms with Crippen LogP contribution >= 0.6 is 34.8 Å². The van der Waals surface area contributed by atoms with Crippen LogP contribution in [0.2, 0.25) is 15.1 Å². The second-order valence-corrected chi connectivity index (χ2v) is 5.55. The van der Waals surface area contributed by atoms with Gasteiger partial charge in [0.15, 0.2) is 0 Å². The Balaban J connectivity index is 2.24. The van der Waals surface area contributed by atoms with Gasteiger partial charge >= 0.3 is 5.97 Å². The summed E-state index contributed by atoms with van der Waals surface area (Å²) >= 11 is 18.0. The van der Waals surface area contributed by atoms with Crippen molar-refractivity contribution < 1.29 is 9.53 Å². The van der Waals surface area contributed by atoms with Gasteiger partial charge in [0.05, 0.1) is 12.7 Å². The average molecular weight is 345 g/mol. The largest absolute Gasteiger partial charge is 0.465 e. The summed E-state index contributed by atoms with van der Waals surface area (Å²) in [4.78, 5) is 11.8. The molecule has 2 aromatic carbocycles. The number of carbonyl (C=O) groups is 1. The summed E-state index contributed by atoms with van der Waals surface area (Å²) in [5.41, 5.74) is 1.81. The van der Waals surface area contributed by atoms with Gasteiger partial charge in [-0.25, -0.2) is 4.79 Å². The van der Waals surface area contributed by atoms with Gasteiger partial charge in [0.25, 0.3) is 0 Å². The number of halogens is 3. The zero-order valence-corrected chi connectivity index (χ0v) is 13.4. The maximum Gasteiger partial charge on any atom is 0.340 e. The summed E-state index contributed by atoms with van der Waals surface area (Å²) in [6.07, 6.45) is 0. The van der Waals surface area contributed by atoms with Crippen molar-refractivity contribution in [2.45, 2.75) is 6.54 Å². The van der Waals surface area contributed by atoms with Crippen LogP contribution in [0.1, 0.15) is 15.9 Å². The van der Waals surface area contributed by atoms with E-state index in [0.29, 0.717) is 32.9 Å². The van der Waals surface area contributed by atoms with Crippen molar-refractivity contribution in [3.8, 4) is 0 Å². The molecule has 0 bridgehead atoms. The first-order chi connectivity index (χ1) is 10.0. The highest BCUT2D eigenvalue weighted by atomic mass is 35.5. The Labute approximate surface area is 137 Å². The molecule has 0 aliphatic carbocycles. The quantitative estimate of drug-likeness (QED) is 0.789. The first-order valence-corrected chi connectivity index (χ1v) is 7.20. The first-order valence-electron chi connectivity index (χ1n) is 6.07. The molecule has 0 amide bonds. The van der Waals surface area contributed by atoms with Crippen molar-refractivity contribution >= 4 is 46.5 Å². The molecule has 2 rings (SSSR count). The van der Waals surface area contributed by atoms with Gasteiger partial charge in [0, 0.05) is 27.3 Å². The molecule has 21 heavy (non-hydrogen) atoms. The van der Waals surface area contributed by atoms with E-state index in [1.807, 2.05) is 0 Å². The minimum atomic E-state index is -0.461. The number of benzene rings is 2. The van der Waals surface area contributed by atoms with Gasteiger partial charge in [-0.1, -0.05) is 34.8 Å². The average Bonchev–Trinajstić information content (AvgIpc) is 2.48. The van der Waals surface area contributed by atoms with E-state index >= 15 is 0 Å². The van der Waals surface area contributed by atoms with Crippen LogP contribution in [0, 0.1) is 0 Å². The summed E-state index contributed by atoms with van der Waals surface area (Å²) in [6.45, 7) is 0.422. The smallest absolute Gasteiger partial charge is 0.340 e. The van der Waals surface area contributed by atoms with E-state index in [1.54, 1.807) is 36.4 Å². The highest BCUT2D eigenvalue weighted by Gasteiger charge is 2.13. The molecule has 0 aromatic heterocycles. The molecule has 1 N–H and O–H groups in total. The number of hydrogen-bond acceptors (Lipinski definition) is 3. The van der Waals surface area contributed by atoms with Gasteiger partial charge in [-0.05, 0) is 42.0 Å². The Morgan fingerprint density at radius 2 is 1.76 bits per heavy atom. The molecule has 0 fully saturated rings. The van der Waals surface area contributed by atoms with E-state index in [0.717, 1.165) is 5.56 Å². The predicted molar refractivity (Wildman–Crippen MR) is 86.6 cm³/mol. The monoisotopic (exact) mass is 343 g/mol. The van der Waals surface area contributed by atoms with E-state index in [2.05, 4.69) is 5.32 Å². The predicted octanol–water partition coefficient (Wildman–Crippen LogP) is 5.05. The zero-order valence-electron chi connectivity index (χ0n) is 11.1. The number of ether oxygens (including phenoxy) is 1. The fraction of sp³-hybridized carbons (Fsp3) is 0.133. The molecule has 2 aromatic rings. The Morgan fingerprint density at radius 1 is 1.10 bits per heavy atom. The number of esters is 1. The molecule has 0 aliphatic heterocycles. The minimum absolute atomic E-state index is 0.364. The van der Waals surface area contributed by atoms with Crippen LogP contribution in [0.4, 0.5) is 5.69 Å². The number of carbonyl (C=O) groups excluding carboxylic acids is 1. The topological polar surface area (TPSA) is 38.3 Å². The molecule has 0 saturated carbocycles. The van der Waals surface area contributed by atoms with Crippen molar-refractivity contribution in [1.29, 1.82) is 0 Å². The summed E-state index contributed by atoms with van der Waals surface area (Å²) in [5, 5.41) is 4.79. The zero-order chi connectivity index (χ0) is 15.4. The van der Waals surface area contributed by atoms with Gasteiger partial charge in [0.1, 0.15) is 0 Å². The van der Waals surface area contributed by atoms with E-state index in [1.165, 1.54) is 7.11 Å². The van der Waals surface area contributed by atoms with Crippen LogP contribution in [0.5, 0.6) is 0 Å². The standard InChI is InChI=1S/C15H12Cl3NO2/c1-21-15(20)12-7-11(17)3-5-14(12)19-8-9-6-10(16)2-4-13(9)18/h2-7,19H,8H2,1H3. The molecule has 0 atom stereocenters. The first kappa shape index (κ1) is 16.0. The Kier molecular flexibility index (Phi) is 5.34. The minimum Gasteiger partial charge on any atom is -0.465 e. The van der Waals surface area contributed by atoms with E-state index in [4.69, 9.17) is 39.5 Å². The van der Waals surface area contributed by atoms with Gasteiger partial charge < -0.3 is 10.1 Å². The molecule has 110 valence electrons. The van der Waals surface area contributed by atoms with Crippen molar-refractivity contribution in [3.05, 3.63) is 62.6 Å². The number of hydrogen-bond donors (Lipinski definition) is 1. The molecule has 0 saturated heterocycles. The fourth-order valence-electron chi connectivity index (χ4n) is 1.82. The summed E-state index contributed by atoms with van der Waals surface area (Å²) in [5.74, 6) is -0.461. The van der Waals surface area contributed by atoms with Gasteiger partial charge in [-0.3, -0.25) is 0 Å². The number of methoxy groups -OCH3 is 1. The van der Waals surface area contributed by atoms with Crippen molar-refractivity contribution in [2.24, 2.45) is 0 Å². The third-order valence-corrected chi connectivity index (χ3v) is 3.70. The molecule has 0 aliphatic rings. The summed E-state index contributed by atoms with van der Waals surface area (Å²) in [6, 6.07) is 10.2. The number of nitrogens with one attached hydrogen (secondary N) is 1. The van der Waals surface area contributed by atoms with Crippen LogP contribution < -0.4 is 5.32 Å². The highest BCUT2D eigenvalue weighted by Crippen LogP contribution is 2.25. The van der Waals surface area contributed by atoms with E-state index in [-0.39, 0.29) is 0 Å². The van der Waals surface area contributed by atoms with Gasteiger partial charge in [-0.2, -0.15) is 0 Å². The molecule has 3 nitrogen and oxygen atoms in total. The Hall–Kier alpha value is -1.42.